The quantitative estimate of drug-likeness (QED) is 0.917. The van der Waals surface area contributed by atoms with Crippen LogP contribution in [0.1, 0.15) is 16.9 Å². The molecule has 1 unspecified atom stereocenters. The molecule has 1 amide bonds. The first kappa shape index (κ1) is 14.4. The molecule has 2 aromatic rings. The molecule has 116 valence electrons. The zero-order valence-corrected chi connectivity index (χ0v) is 12.7. The summed E-state index contributed by atoms with van der Waals surface area (Å²) in [5.41, 5.74) is 0.510. The standard InChI is InChI=1S/C15H19N5O2/c1-19(2)14-13(4-3-7-16-14)22-11-6-9-20(10-11)15(21)12-5-8-17-18-12/h3-5,7-8,11H,6,9-10H2,1-2H3,(H,17,18). The van der Waals surface area contributed by atoms with Crippen molar-refractivity contribution >= 4 is 11.7 Å². The van der Waals surface area contributed by atoms with E-state index in [1.54, 1.807) is 23.4 Å². The second-order valence-corrected chi connectivity index (χ2v) is 5.47. The monoisotopic (exact) mass is 301 g/mol. The SMILES string of the molecule is CN(C)c1ncccc1OC1CCN(C(=O)c2ccn[nH]2)C1. The van der Waals surface area contributed by atoms with Crippen LogP contribution in [0.15, 0.2) is 30.6 Å². The van der Waals surface area contributed by atoms with Gasteiger partial charge in [-0.05, 0) is 18.2 Å². The predicted molar refractivity (Wildman–Crippen MR) is 82.1 cm³/mol. The lowest BCUT2D eigenvalue weighted by Gasteiger charge is -2.20. The van der Waals surface area contributed by atoms with Crippen LogP contribution in [0.25, 0.3) is 0 Å². The lowest BCUT2D eigenvalue weighted by atomic mass is 10.3. The Hall–Kier alpha value is -2.57. The van der Waals surface area contributed by atoms with Gasteiger partial charge in [0, 0.05) is 39.5 Å². The molecule has 0 aromatic carbocycles. The van der Waals surface area contributed by atoms with Crippen molar-refractivity contribution in [1.82, 2.24) is 20.1 Å². The van der Waals surface area contributed by atoms with Gasteiger partial charge in [-0.2, -0.15) is 5.10 Å². The second kappa shape index (κ2) is 6.05. The molecule has 0 bridgehead atoms. The van der Waals surface area contributed by atoms with E-state index in [0.29, 0.717) is 18.8 Å². The van der Waals surface area contributed by atoms with Gasteiger partial charge in [0.05, 0.1) is 6.54 Å². The Kier molecular flexibility index (Phi) is 3.95. The van der Waals surface area contributed by atoms with Crippen molar-refractivity contribution in [3.05, 3.63) is 36.3 Å². The summed E-state index contributed by atoms with van der Waals surface area (Å²) >= 11 is 0. The Morgan fingerprint density at radius 2 is 2.27 bits per heavy atom. The minimum absolute atomic E-state index is 0.0187. The van der Waals surface area contributed by atoms with Crippen LogP contribution < -0.4 is 9.64 Å². The Bertz CT molecular complexity index is 641. The molecule has 7 heteroatoms. The molecular formula is C15H19N5O2. The Balaban J connectivity index is 1.65. The Morgan fingerprint density at radius 1 is 1.41 bits per heavy atom. The zero-order chi connectivity index (χ0) is 15.5. The number of nitrogens with one attached hydrogen (secondary N) is 1. The van der Waals surface area contributed by atoms with Crippen molar-refractivity contribution in [2.75, 3.05) is 32.1 Å². The summed E-state index contributed by atoms with van der Waals surface area (Å²) in [6, 6.07) is 5.44. The van der Waals surface area contributed by atoms with Gasteiger partial charge in [0.15, 0.2) is 11.6 Å². The van der Waals surface area contributed by atoms with E-state index in [-0.39, 0.29) is 12.0 Å². The normalized spacial score (nSPS) is 17.5. The molecular weight excluding hydrogens is 282 g/mol. The van der Waals surface area contributed by atoms with Crippen LogP contribution in [0.5, 0.6) is 5.75 Å². The third kappa shape index (κ3) is 2.88. The van der Waals surface area contributed by atoms with Gasteiger partial charge >= 0.3 is 0 Å². The average Bonchev–Trinajstić information content (AvgIpc) is 3.18. The third-order valence-corrected chi connectivity index (χ3v) is 3.63. The van der Waals surface area contributed by atoms with E-state index in [4.69, 9.17) is 4.74 Å². The molecule has 0 radical (unpaired) electrons. The number of nitrogens with zero attached hydrogens (tertiary/aromatic N) is 4. The summed E-state index contributed by atoms with van der Waals surface area (Å²) in [4.78, 5) is 20.3. The molecule has 3 rings (SSSR count). The molecule has 1 N–H and O–H groups in total. The van der Waals surface area contributed by atoms with Crippen molar-refractivity contribution in [3.63, 3.8) is 0 Å². The number of aromatic amines is 1. The van der Waals surface area contributed by atoms with Gasteiger partial charge in [0.2, 0.25) is 0 Å². The topological polar surface area (TPSA) is 74.3 Å². The molecule has 2 aromatic heterocycles. The van der Waals surface area contributed by atoms with Gasteiger partial charge in [-0.3, -0.25) is 9.89 Å². The molecule has 1 aliphatic heterocycles. The minimum atomic E-state index is -0.0392. The van der Waals surface area contributed by atoms with Crippen LogP contribution in [-0.4, -0.2) is 59.3 Å². The minimum Gasteiger partial charge on any atom is -0.485 e. The lowest BCUT2D eigenvalue weighted by molar-refractivity contribution is 0.0766. The number of H-pyrrole nitrogens is 1. The van der Waals surface area contributed by atoms with Crippen molar-refractivity contribution < 1.29 is 9.53 Å². The summed E-state index contributed by atoms with van der Waals surface area (Å²) in [6.45, 7) is 1.25. The molecule has 22 heavy (non-hydrogen) atoms. The number of aromatic nitrogens is 3. The number of rotatable bonds is 4. The molecule has 1 aliphatic rings. The zero-order valence-electron chi connectivity index (χ0n) is 12.7. The van der Waals surface area contributed by atoms with Gasteiger partial charge in [-0.1, -0.05) is 0 Å². The third-order valence-electron chi connectivity index (χ3n) is 3.63. The van der Waals surface area contributed by atoms with E-state index in [9.17, 15) is 4.79 Å². The summed E-state index contributed by atoms with van der Waals surface area (Å²) in [6.07, 6.45) is 4.11. The van der Waals surface area contributed by atoms with Gasteiger partial charge in [-0.25, -0.2) is 4.98 Å². The number of likely N-dealkylation sites (tertiary alicyclic amines) is 1. The highest BCUT2D eigenvalue weighted by Crippen LogP contribution is 2.26. The summed E-state index contributed by atoms with van der Waals surface area (Å²) in [5.74, 6) is 1.50. The number of amides is 1. The second-order valence-electron chi connectivity index (χ2n) is 5.47. The number of hydrogen-bond donors (Lipinski definition) is 1. The fourth-order valence-electron chi connectivity index (χ4n) is 2.54. The summed E-state index contributed by atoms with van der Waals surface area (Å²) in [7, 11) is 3.86. The number of pyridine rings is 1. The van der Waals surface area contributed by atoms with Crippen molar-refractivity contribution in [2.45, 2.75) is 12.5 Å². The van der Waals surface area contributed by atoms with E-state index in [2.05, 4.69) is 15.2 Å². The van der Waals surface area contributed by atoms with Crippen LogP contribution in [-0.2, 0) is 0 Å². The molecule has 1 fully saturated rings. The number of carbonyl (C=O) groups excluding carboxylic acids is 1. The molecule has 0 aliphatic carbocycles. The number of anilines is 1. The number of hydrogen-bond acceptors (Lipinski definition) is 5. The number of ether oxygens (including phenoxy) is 1. The maximum atomic E-state index is 12.3. The largest absolute Gasteiger partial charge is 0.485 e. The van der Waals surface area contributed by atoms with Gasteiger partial charge < -0.3 is 14.5 Å². The first-order chi connectivity index (χ1) is 10.6. The fraction of sp³-hybridized carbons (Fsp3) is 0.400. The van der Waals surface area contributed by atoms with E-state index in [1.165, 1.54) is 0 Å². The summed E-state index contributed by atoms with van der Waals surface area (Å²) < 4.78 is 6.04. The van der Waals surface area contributed by atoms with Crippen molar-refractivity contribution in [1.29, 1.82) is 0 Å². The highest BCUT2D eigenvalue weighted by atomic mass is 16.5. The van der Waals surface area contributed by atoms with Crippen LogP contribution in [0.4, 0.5) is 5.82 Å². The lowest BCUT2D eigenvalue weighted by Crippen LogP contribution is -2.31. The highest BCUT2D eigenvalue weighted by Gasteiger charge is 2.29. The van der Waals surface area contributed by atoms with Gasteiger partial charge in [0.25, 0.3) is 5.91 Å². The van der Waals surface area contributed by atoms with E-state index >= 15 is 0 Å². The fourth-order valence-corrected chi connectivity index (χ4v) is 2.54. The van der Waals surface area contributed by atoms with E-state index in [1.807, 2.05) is 31.1 Å². The van der Waals surface area contributed by atoms with Gasteiger partial charge in [0.1, 0.15) is 11.8 Å². The number of carbonyl (C=O) groups is 1. The van der Waals surface area contributed by atoms with Crippen LogP contribution in [0.3, 0.4) is 0 Å². The van der Waals surface area contributed by atoms with Crippen molar-refractivity contribution in [2.24, 2.45) is 0 Å². The molecule has 0 spiro atoms. The average molecular weight is 301 g/mol. The Labute approximate surface area is 128 Å². The highest BCUT2D eigenvalue weighted by molar-refractivity contribution is 5.92. The van der Waals surface area contributed by atoms with Crippen molar-refractivity contribution in [3.8, 4) is 5.75 Å². The predicted octanol–water partition coefficient (Wildman–Crippen LogP) is 1.16. The first-order valence-corrected chi connectivity index (χ1v) is 7.23. The van der Waals surface area contributed by atoms with Crippen LogP contribution in [0.2, 0.25) is 0 Å². The summed E-state index contributed by atoms with van der Waals surface area (Å²) in [5, 5.41) is 6.52. The first-order valence-electron chi connectivity index (χ1n) is 7.23. The molecule has 0 saturated carbocycles. The molecule has 7 nitrogen and oxygen atoms in total. The van der Waals surface area contributed by atoms with E-state index in [0.717, 1.165) is 18.0 Å². The van der Waals surface area contributed by atoms with Crippen LogP contribution >= 0.6 is 0 Å². The van der Waals surface area contributed by atoms with E-state index < -0.39 is 0 Å². The molecule has 1 atom stereocenters. The Morgan fingerprint density at radius 3 is 3.00 bits per heavy atom. The van der Waals surface area contributed by atoms with Crippen LogP contribution in [0, 0.1) is 0 Å². The maximum absolute atomic E-state index is 12.3. The van der Waals surface area contributed by atoms with Gasteiger partial charge in [-0.15, -0.1) is 0 Å². The smallest absolute Gasteiger partial charge is 0.271 e. The molecule has 1 saturated heterocycles. The molecule has 3 heterocycles. The maximum Gasteiger partial charge on any atom is 0.271 e.